The molecular formula is C23H21FN4O5S. The van der Waals surface area contributed by atoms with E-state index in [0.717, 1.165) is 9.87 Å². The number of hydrogen-bond acceptors (Lipinski definition) is 6. The van der Waals surface area contributed by atoms with Gasteiger partial charge in [0.15, 0.2) is 0 Å². The van der Waals surface area contributed by atoms with Crippen LogP contribution < -0.4 is 5.43 Å². The van der Waals surface area contributed by atoms with Crippen LogP contribution in [0.1, 0.15) is 16.7 Å². The van der Waals surface area contributed by atoms with Crippen LogP contribution in [0.2, 0.25) is 0 Å². The predicted molar refractivity (Wildman–Crippen MR) is 124 cm³/mol. The fourth-order valence-electron chi connectivity index (χ4n) is 2.99. The summed E-state index contributed by atoms with van der Waals surface area (Å²) in [6.07, 6.45) is 1.20. The molecule has 9 nitrogen and oxygen atoms in total. The van der Waals surface area contributed by atoms with E-state index in [1.807, 2.05) is 0 Å². The second-order valence-corrected chi connectivity index (χ2v) is 9.26. The first-order chi connectivity index (χ1) is 16.2. The van der Waals surface area contributed by atoms with Gasteiger partial charge in [-0.2, -0.15) is 9.41 Å². The van der Waals surface area contributed by atoms with E-state index in [-0.39, 0.29) is 22.7 Å². The largest absolute Gasteiger partial charge is 0.272 e. The summed E-state index contributed by atoms with van der Waals surface area (Å²) >= 11 is 0. The fraction of sp³-hybridized carbons (Fsp3) is 0.130. The molecule has 0 saturated carbocycles. The van der Waals surface area contributed by atoms with Gasteiger partial charge in [-0.1, -0.05) is 48.0 Å². The number of rotatable bonds is 9. The lowest BCUT2D eigenvalue weighted by Crippen LogP contribution is -2.39. The molecule has 176 valence electrons. The summed E-state index contributed by atoms with van der Waals surface area (Å²) in [6, 6.07) is 17.4. The van der Waals surface area contributed by atoms with E-state index in [1.54, 1.807) is 31.2 Å². The lowest BCUT2D eigenvalue weighted by atomic mass is 10.2. The minimum Gasteiger partial charge on any atom is -0.272 e. The third kappa shape index (κ3) is 6.30. The number of halogens is 1. The number of nitro groups is 1. The molecule has 0 unspecified atom stereocenters. The van der Waals surface area contributed by atoms with Crippen LogP contribution in [-0.2, 0) is 21.4 Å². The van der Waals surface area contributed by atoms with Crippen LogP contribution in [0, 0.1) is 22.9 Å². The Morgan fingerprint density at radius 1 is 1.12 bits per heavy atom. The van der Waals surface area contributed by atoms with Crippen molar-refractivity contribution in [1.29, 1.82) is 0 Å². The van der Waals surface area contributed by atoms with Gasteiger partial charge in [-0.15, -0.1) is 0 Å². The molecule has 0 aliphatic heterocycles. The summed E-state index contributed by atoms with van der Waals surface area (Å²) < 4.78 is 41.5. The zero-order chi connectivity index (χ0) is 24.7. The summed E-state index contributed by atoms with van der Waals surface area (Å²) in [4.78, 5) is 22.8. The van der Waals surface area contributed by atoms with E-state index in [2.05, 4.69) is 10.5 Å². The highest BCUT2D eigenvalue weighted by molar-refractivity contribution is 7.89. The van der Waals surface area contributed by atoms with Gasteiger partial charge in [0.1, 0.15) is 5.82 Å². The van der Waals surface area contributed by atoms with E-state index < -0.39 is 33.2 Å². The highest BCUT2D eigenvalue weighted by Crippen LogP contribution is 2.20. The average Bonchev–Trinajstić information content (AvgIpc) is 2.80. The van der Waals surface area contributed by atoms with Gasteiger partial charge >= 0.3 is 0 Å². The number of sulfonamides is 1. The van der Waals surface area contributed by atoms with E-state index in [9.17, 15) is 27.7 Å². The Kier molecular flexibility index (Phi) is 7.82. The van der Waals surface area contributed by atoms with E-state index in [0.29, 0.717) is 5.56 Å². The van der Waals surface area contributed by atoms with Gasteiger partial charge in [-0.05, 0) is 25.1 Å². The summed E-state index contributed by atoms with van der Waals surface area (Å²) in [7, 11) is -4.14. The van der Waals surface area contributed by atoms with Crippen LogP contribution in [0.25, 0.3) is 0 Å². The number of amides is 1. The number of benzene rings is 3. The van der Waals surface area contributed by atoms with Gasteiger partial charge in [0.25, 0.3) is 11.6 Å². The van der Waals surface area contributed by atoms with Crippen molar-refractivity contribution in [3.63, 3.8) is 0 Å². The number of nitro benzene ring substituents is 1. The van der Waals surface area contributed by atoms with Crippen LogP contribution >= 0.6 is 0 Å². The maximum atomic E-state index is 14.2. The first-order valence-corrected chi connectivity index (χ1v) is 11.5. The van der Waals surface area contributed by atoms with Crippen molar-refractivity contribution in [2.45, 2.75) is 18.4 Å². The monoisotopic (exact) mass is 484 g/mol. The number of hydrogen-bond donors (Lipinski definition) is 1. The minimum absolute atomic E-state index is 0.0395. The summed E-state index contributed by atoms with van der Waals surface area (Å²) in [5.41, 5.74) is 3.38. The molecule has 0 saturated heterocycles. The maximum Gasteiger partial charge on any atom is 0.270 e. The third-order valence-electron chi connectivity index (χ3n) is 4.77. The van der Waals surface area contributed by atoms with Crippen molar-refractivity contribution in [2.24, 2.45) is 5.10 Å². The van der Waals surface area contributed by atoms with E-state index in [1.165, 1.54) is 54.7 Å². The molecule has 0 aliphatic carbocycles. The number of nitrogens with one attached hydrogen (secondary N) is 1. The zero-order valence-corrected chi connectivity index (χ0v) is 18.9. The predicted octanol–water partition coefficient (Wildman–Crippen LogP) is 3.38. The Bertz CT molecular complexity index is 1330. The molecule has 0 bridgehead atoms. The van der Waals surface area contributed by atoms with E-state index >= 15 is 0 Å². The molecule has 0 spiro atoms. The van der Waals surface area contributed by atoms with Gasteiger partial charge in [0.05, 0.1) is 22.6 Å². The molecule has 0 fully saturated rings. The lowest BCUT2D eigenvalue weighted by molar-refractivity contribution is -0.384. The standard InChI is InChI=1S/C23H21FN4O5S/c1-17-9-11-21(12-10-17)34(32,33)27(15-19-6-2-3-8-22(19)24)16-23(29)26-25-14-18-5-4-7-20(13-18)28(30)31/h2-14H,15-16H2,1H3,(H,26,29)/b25-14-. The summed E-state index contributed by atoms with van der Waals surface area (Å²) in [5.74, 6) is -1.37. The Balaban J connectivity index is 1.80. The Labute approximate surface area is 195 Å². The molecule has 0 atom stereocenters. The Morgan fingerprint density at radius 2 is 1.82 bits per heavy atom. The van der Waals surface area contributed by atoms with Gasteiger partial charge in [-0.25, -0.2) is 18.2 Å². The van der Waals surface area contributed by atoms with Crippen LogP contribution in [0.3, 0.4) is 0 Å². The molecule has 11 heteroatoms. The molecule has 3 aromatic carbocycles. The lowest BCUT2D eigenvalue weighted by Gasteiger charge is -2.22. The topological polar surface area (TPSA) is 122 Å². The molecule has 1 amide bonds. The summed E-state index contributed by atoms with van der Waals surface area (Å²) in [6.45, 7) is 0.808. The Morgan fingerprint density at radius 3 is 2.50 bits per heavy atom. The number of aryl methyl sites for hydroxylation is 1. The average molecular weight is 485 g/mol. The molecule has 1 N–H and O–H groups in total. The molecule has 34 heavy (non-hydrogen) atoms. The van der Waals surface area contributed by atoms with Crippen molar-refractivity contribution >= 4 is 27.8 Å². The first-order valence-electron chi connectivity index (χ1n) is 10.0. The second kappa shape index (κ2) is 10.8. The van der Waals surface area contributed by atoms with Gasteiger partial charge in [0.2, 0.25) is 10.0 Å². The normalized spacial score (nSPS) is 11.6. The molecular weight excluding hydrogens is 463 g/mol. The number of hydrazone groups is 1. The summed E-state index contributed by atoms with van der Waals surface area (Å²) in [5, 5.41) is 14.6. The number of carbonyl (C=O) groups excluding carboxylic acids is 1. The van der Waals surface area contributed by atoms with Gasteiger partial charge < -0.3 is 0 Å². The van der Waals surface area contributed by atoms with Crippen molar-refractivity contribution in [2.75, 3.05) is 6.54 Å². The number of carbonyl (C=O) groups is 1. The quantitative estimate of drug-likeness (QED) is 0.283. The highest BCUT2D eigenvalue weighted by Gasteiger charge is 2.27. The fourth-order valence-corrected chi connectivity index (χ4v) is 4.37. The smallest absolute Gasteiger partial charge is 0.270 e. The van der Waals surface area contributed by atoms with Crippen molar-refractivity contribution < 1.29 is 22.5 Å². The number of non-ortho nitro benzene ring substituents is 1. The molecule has 3 aromatic rings. The van der Waals surface area contributed by atoms with Crippen molar-refractivity contribution in [1.82, 2.24) is 9.73 Å². The zero-order valence-electron chi connectivity index (χ0n) is 18.1. The maximum absolute atomic E-state index is 14.2. The molecule has 0 aliphatic rings. The first kappa shape index (κ1) is 24.7. The third-order valence-corrected chi connectivity index (χ3v) is 6.57. The van der Waals surface area contributed by atoms with Gasteiger partial charge in [0, 0.05) is 29.8 Å². The van der Waals surface area contributed by atoms with Crippen LogP contribution in [0.5, 0.6) is 0 Å². The van der Waals surface area contributed by atoms with Gasteiger partial charge in [-0.3, -0.25) is 14.9 Å². The van der Waals surface area contributed by atoms with Crippen LogP contribution in [-0.4, -0.2) is 36.3 Å². The molecule has 0 aromatic heterocycles. The molecule has 0 radical (unpaired) electrons. The van der Waals surface area contributed by atoms with Crippen molar-refractivity contribution in [3.05, 3.63) is 105 Å². The number of nitrogens with zero attached hydrogens (tertiary/aromatic N) is 3. The van der Waals surface area contributed by atoms with E-state index in [4.69, 9.17) is 0 Å². The Hall–Kier alpha value is -3.96. The second-order valence-electron chi connectivity index (χ2n) is 7.32. The molecule has 0 heterocycles. The SMILES string of the molecule is Cc1ccc(S(=O)(=O)N(CC(=O)N/N=C\c2cccc([N+](=O)[O-])c2)Cc2ccccc2F)cc1. The molecule has 3 rings (SSSR count). The van der Waals surface area contributed by atoms with Crippen LogP contribution in [0.4, 0.5) is 10.1 Å². The van der Waals surface area contributed by atoms with Crippen molar-refractivity contribution in [3.8, 4) is 0 Å². The highest BCUT2D eigenvalue weighted by atomic mass is 32.2. The van der Waals surface area contributed by atoms with Crippen LogP contribution in [0.15, 0.2) is 82.8 Å². The minimum atomic E-state index is -4.14.